The van der Waals surface area contributed by atoms with E-state index in [4.69, 9.17) is 0 Å². The summed E-state index contributed by atoms with van der Waals surface area (Å²) < 4.78 is 35.9. The van der Waals surface area contributed by atoms with Gasteiger partial charge in [0.05, 0.1) is 12.2 Å². The van der Waals surface area contributed by atoms with Crippen LogP contribution in [0.1, 0.15) is 25.7 Å². The van der Waals surface area contributed by atoms with Gasteiger partial charge in [-0.1, -0.05) is 12.8 Å². The van der Waals surface area contributed by atoms with Crippen LogP contribution in [-0.4, -0.2) is 40.8 Å². The van der Waals surface area contributed by atoms with E-state index in [1.54, 1.807) is 0 Å². The molecule has 17 heavy (non-hydrogen) atoms. The number of hydrogen-bond acceptors (Lipinski definition) is 3. The van der Waals surface area contributed by atoms with Gasteiger partial charge >= 0.3 is 5.51 Å². The molecule has 1 N–H and O–H groups in total. The minimum Gasteiger partial charge on any atom is -0.327 e. The SMILES string of the molecule is O=C1N(CCSC(F)(F)F)CNC12CCCC2. The number of carbonyl (C=O) groups is 1. The van der Waals surface area contributed by atoms with Crippen LogP contribution in [0.3, 0.4) is 0 Å². The van der Waals surface area contributed by atoms with E-state index in [1.165, 1.54) is 4.90 Å². The molecule has 1 spiro atoms. The summed E-state index contributed by atoms with van der Waals surface area (Å²) in [5, 5.41) is 3.17. The number of rotatable bonds is 3. The van der Waals surface area contributed by atoms with Crippen LogP contribution in [0.15, 0.2) is 0 Å². The van der Waals surface area contributed by atoms with Gasteiger partial charge in [-0.25, -0.2) is 0 Å². The Morgan fingerprint density at radius 2 is 2.00 bits per heavy atom. The second-order valence-corrected chi connectivity index (χ2v) is 5.65. The van der Waals surface area contributed by atoms with Gasteiger partial charge in [-0.3, -0.25) is 10.1 Å². The first-order chi connectivity index (χ1) is 7.93. The lowest BCUT2D eigenvalue weighted by atomic mass is 9.98. The van der Waals surface area contributed by atoms with Crippen molar-refractivity contribution in [2.24, 2.45) is 0 Å². The molecule has 0 atom stereocenters. The fraction of sp³-hybridized carbons (Fsp3) is 0.900. The number of hydrogen-bond donors (Lipinski definition) is 1. The Kier molecular flexibility index (Phi) is 3.58. The van der Waals surface area contributed by atoms with Gasteiger partial charge in [0, 0.05) is 12.3 Å². The molecule has 0 aromatic heterocycles. The van der Waals surface area contributed by atoms with Gasteiger partial charge in [0.2, 0.25) is 5.91 Å². The van der Waals surface area contributed by atoms with Crippen molar-refractivity contribution < 1.29 is 18.0 Å². The first kappa shape index (κ1) is 13.0. The van der Waals surface area contributed by atoms with Crippen LogP contribution in [0.25, 0.3) is 0 Å². The molecule has 1 aliphatic heterocycles. The summed E-state index contributed by atoms with van der Waals surface area (Å²) in [6.45, 7) is 0.551. The molecule has 1 amide bonds. The maximum Gasteiger partial charge on any atom is 0.441 e. The smallest absolute Gasteiger partial charge is 0.327 e. The Labute approximate surface area is 102 Å². The lowest BCUT2D eigenvalue weighted by Gasteiger charge is -2.21. The molecular formula is C10H15F3N2OS. The molecule has 7 heteroatoms. The van der Waals surface area contributed by atoms with Crippen molar-refractivity contribution in [3.63, 3.8) is 0 Å². The number of halogens is 3. The minimum atomic E-state index is -4.21. The van der Waals surface area contributed by atoms with E-state index in [2.05, 4.69) is 5.32 Å². The number of alkyl halides is 3. The zero-order valence-corrected chi connectivity index (χ0v) is 10.2. The lowest BCUT2D eigenvalue weighted by Crippen LogP contribution is -2.44. The third-order valence-corrected chi connectivity index (χ3v) is 4.10. The summed E-state index contributed by atoms with van der Waals surface area (Å²) in [4.78, 5) is 13.6. The summed E-state index contributed by atoms with van der Waals surface area (Å²) >= 11 is -0.0682. The van der Waals surface area contributed by atoms with Crippen molar-refractivity contribution >= 4 is 17.7 Å². The van der Waals surface area contributed by atoms with Crippen LogP contribution >= 0.6 is 11.8 Å². The molecular weight excluding hydrogens is 253 g/mol. The van der Waals surface area contributed by atoms with Gasteiger partial charge in [-0.05, 0) is 24.6 Å². The van der Waals surface area contributed by atoms with Crippen molar-refractivity contribution in [2.45, 2.75) is 36.7 Å². The van der Waals surface area contributed by atoms with E-state index in [0.717, 1.165) is 25.7 Å². The van der Waals surface area contributed by atoms with E-state index in [-0.39, 0.29) is 30.0 Å². The number of nitrogens with zero attached hydrogens (tertiary/aromatic N) is 1. The third-order valence-electron chi connectivity index (χ3n) is 3.39. The lowest BCUT2D eigenvalue weighted by molar-refractivity contribution is -0.132. The summed E-state index contributed by atoms with van der Waals surface area (Å²) in [5.41, 5.74) is -4.66. The van der Waals surface area contributed by atoms with Gasteiger partial charge in [0.25, 0.3) is 0 Å². The first-order valence-corrected chi connectivity index (χ1v) is 6.67. The van der Waals surface area contributed by atoms with Crippen LogP contribution in [0.2, 0.25) is 0 Å². The quantitative estimate of drug-likeness (QED) is 0.849. The highest BCUT2D eigenvalue weighted by molar-refractivity contribution is 8.00. The molecule has 0 bridgehead atoms. The molecule has 2 rings (SSSR count). The molecule has 0 unspecified atom stereocenters. The molecule has 1 heterocycles. The predicted octanol–water partition coefficient (Wildman–Crippen LogP) is 1.94. The maximum absolute atomic E-state index is 12.1. The summed E-state index contributed by atoms with van der Waals surface area (Å²) in [6.07, 6.45) is 3.66. The Morgan fingerprint density at radius 1 is 1.35 bits per heavy atom. The zero-order chi connectivity index (χ0) is 12.5. The largest absolute Gasteiger partial charge is 0.441 e. The average molecular weight is 268 g/mol. The summed E-state index contributed by atoms with van der Waals surface area (Å²) in [6, 6.07) is 0. The highest BCUT2D eigenvalue weighted by Crippen LogP contribution is 2.35. The van der Waals surface area contributed by atoms with Gasteiger partial charge < -0.3 is 4.90 Å². The van der Waals surface area contributed by atoms with Gasteiger partial charge in [0.15, 0.2) is 0 Å². The highest BCUT2D eigenvalue weighted by atomic mass is 32.2. The van der Waals surface area contributed by atoms with Crippen molar-refractivity contribution in [3.05, 3.63) is 0 Å². The third kappa shape index (κ3) is 2.88. The van der Waals surface area contributed by atoms with Crippen molar-refractivity contribution in [1.29, 1.82) is 0 Å². The van der Waals surface area contributed by atoms with Crippen molar-refractivity contribution in [2.75, 3.05) is 19.0 Å². The topological polar surface area (TPSA) is 32.3 Å². The Balaban J connectivity index is 1.82. The summed E-state index contributed by atoms with van der Waals surface area (Å²) in [5.74, 6) is -0.106. The first-order valence-electron chi connectivity index (χ1n) is 5.68. The monoisotopic (exact) mass is 268 g/mol. The molecule has 1 saturated heterocycles. The number of carbonyl (C=O) groups excluding carboxylic acids is 1. The number of nitrogens with one attached hydrogen (secondary N) is 1. The van der Waals surface area contributed by atoms with E-state index in [0.29, 0.717) is 6.67 Å². The van der Waals surface area contributed by atoms with Crippen molar-refractivity contribution in [1.82, 2.24) is 10.2 Å². The maximum atomic E-state index is 12.1. The Morgan fingerprint density at radius 3 is 2.59 bits per heavy atom. The molecule has 2 fully saturated rings. The van der Waals surface area contributed by atoms with Gasteiger partial charge in [0.1, 0.15) is 0 Å². The Hall–Kier alpha value is -0.430. The van der Waals surface area contributed by atoms with E-state index < -0.39 is 11.0 Å². The van der Waals surface area contributed by atoms with E-state index >= 15 is 0 Å². The average Bonchev–Trinajstić information content (AvgIpc) is 2.80. The standard InChI is InChI=1S/C10H15F3N2OS/c11-10(12,13)17-6-5-15-7-14-9(8(15)16)3-1-2-4-9/h14H,1-7H2. The zero-order valence-electron chi connectivity index (χ0n) is 9.35. The van der Waals surface area contributed by atoms with Gasteiger partial charge in [-0.2, -0.15) is 13.2 Å². The van der Waals surface area contributed by atoms with E-state index in [1.807, 2.05) is 0 Å². The van der Waals surface area contributed by atoms with E-state index in [9.17, 15) is 18.0 Å². The van der Waals surface area contributed by atoms with Crippen LogP contribution < -0.4 is 5.32 Å². The second-order valence-electron chi connectivity index (χ2n) is 4.49. The van der Waals surface area contributed by atoms with Crippen LogP contribution in [-0.2, 0) is 4.79 Å². The molecule has 98 valence electrons. The fourth-order valence-electron chi connectivity index (χ4n) is 2.52. The highest BCUT2D eigenvalue weighted by Gasteiger charge is 2.47. The fourth-order valence-corrected chi connectivity index (χ4v) is 3.06. The molecule has 0 radical (unpaired) electrons. The van der Waals surface area contributed by atoms with Crippen LogP contribution in [0.4, 0.5) is 13.2 Å². The Bertz CT molecular complexity index is 302. The van der Waals surface area contributed by atoms with Crippen molar-refractivity contribution in [3.8, 4) is 0 Å². The molecule has 3 nitrogen and oxygen atoms in total. The summed E-state index contributed by atoms with van der Waals surface area (Å²) in [7, 11) is 0. The molecule has 0 aromatic carbocycles. The van der Waals surface area contributed by atoms with Crippen LogP contribution in [0, 0.1) is 0 Å². The molecule has 1 aliphatic carbocycles. The number of thioether (sulfide) groups is 1. The number of amides is 1. The minimum absolute atomic E-state index is 0.0159. The molecule has 1 saturated carbocycles. The van der Waals surface area contributed by atoms with Gasteiger partial charge in [-0.15, -0.1) is 0 Å². The normalized spacial score (nSPS) is 23.9. The molecule has 2 aliphatic rings. The van der Waals surface area contributed by atoms with Crippen LogP contribution in [0.5, 0.6) is 0 Å². The predicted molar refractivity (Wildman–Crippen MR) is 59.4 cm³/mol. The molecule has 0 aromatic rings. The second kappa shape index (κ2) is 4.68.